The molecule has 0 aromatic heterocycles. The zero-order valence-electron chi connectivity index (χ0n) is 16.3. The molecule has 0 heterocycles. The number of carbonyl (C=O) groups excluding carboxylic acids is 2. The molecule has 1 amide bonds. The second-order valence-corrected chi connectivity index (χ2v) is 7.82. The van der Waals surface area contributed by atoms with Crippen molar-refractivity contribution in [1.82, 2.24) is 5.32 Å². The van der Waals surface area contributed by atoms with Crippen LogP contribution in [0.5, 0.6) is 0 Å². The van der Waals surface area contributed by atoms with Gasteiger partial charge in [0.2, 0.25) is 5.91 Å². The average Bonchev–Trinajstić information content (AvgIpc) is 3.41. The predicted molar refractivity (Wildman–Crippen MR) is 96.7 cm³/mol. The first kappa shape index (κ1) is 19.5. The Morgan fingerprint density at radius 3 is 2.48 bits per heavy atom. The first-order valence-corrected chi connectivity index (χ1v) is 9.04. The van der Waals surface area contributed by atoms with Gasteiger partial charge in [-0.15, -0.1) is 0 Å². The summed E-state index contributed by atoms with van der Waals surface area (Å²) in [7, 11) is 3.00. The summed E-state index contributed by atoms with van der Waals surface area (Å²) in [5.74, 6) is 0.402. The van der Waals surface area contributed by atoms with Gasteiger partial charge in [0.1, 0.15) is 11.3 Å². The van der Waals surface area contributed by atoms with Gasteiger partial charge in [0.05, 0.1) is 20.6 Å². The maximum absolute atomic E-state index is 12.8. The fraction of sp³-hybridized carbons (Fsp3) is 0.700. The van der Waals surface area contributed by atoms with Gasteiger partial charge in [0, 0.05) is 0 Å². The summed E-state index contributed by atoms with van der Waals surface area (Å²) in [5, 5.41) is 2.95. The summed E-state index contributed by atoms with van der Waals surface area (Å²) in [6.07, 6.45) is 5.95. The standard InChI is InChI=1S/C20H31NO4/c1-7-19(3)12-13(2)10-16(24-5)15(19)11-17(22)21-20(4,14-8-9-14)18(23)25-6/h10,14H,7-9,11-12H2,1-6H3,(H,21,22). The molecule has 140 valence electrons. The molecule has 5 nitrogen and oxygen atoms in total. The van der Waals surface area contributed by atoms with Crippen LogP contribution in [0.25, 0.3) is 0 Å². The van der Waals surface area contributed by atoms with Crippen molar-refractivity contribution in [1.29, 1.82) is 0 Å². The Bertz CT molecular complexity index is 617. The summed E-state index contributed by atoms with van der Waals surface area (Å²) < 4.78 is 10.5. The molecule has 1 fully saturated rings. The van der Waals surface area contributed by atoms with Gasteiger partial charge in [0.25, 0.3) is 0 Å². The van der Waals surface area contributed by atoms with E-state index >= 15 is 0 Å². The van der Waals surface area contributed by atoms with Crippen molar-refractivity contribution in [2.24, 2.45) is 11.3 Å². The van der Waals surface area contributed by atoms with Crippen molar-refractivity contribution in [2.45, 2.75) is 65.3 Å². The Morgan fingerprint density at radius 1 is 1.36 bits per heavy atom. The Morgan fingerprint density at radius 2 is 2.00 bits per heavy atom. The third kappa shape index (κ3) is 3.91. The Hall–Kier alpha value is -1.78. The minimum Gasteiger partial charge on any atom is -0.497 e. The molecule has 1 N–H and O–H groups in total. The van der Waals surface area contributed by atoms with E-state index in [0.29, 0.717) is 0 Å². The number of carbonyl (C=O) groups is 2. The highest BCUT2D eigenvalue weighted by Crippen LogP contribution is 2.45. The molecule has 5 heteroatoms. The second-order valence-electron chi connectivity index (χ2n) is 7.82. The molecule has 0 aliphatic heterocycles. The molecule has 2 unspecified atom stereocenters. The second kappa shape index (κ2) is 7.22. The van der Waals surface area contributed by atoms with Crippen LogP contribution in [0.1, 0.15) is 59.8 Å². The van der Waals surface area contributed by atoms with Crippen LogP contribution in [-0.2, 0) is 19.1 Å². The van der Waals surface area contributed by atoms with Crippen LogP contribution in [0.15, 0.2) is 23.0 Å². The van der Waals surface area contributed by atoms with Crippen LogP contribution >= 0.6 is 0 Å². The summed E-state index contributed by atoms with van der Waals surface area (Å²) in [5.41, 5.74) is 1.21. The molecule has 0 saturated heterocycles. The summed E-state index contributed by atoms with van der Waals surface area (Å²) in [6, 6.07) is 0. The van der Waals surface area contributed by atoms with Crippen LogP contribution in [0.3, 0.4) is 0 Å². The van der Waals surface area contributed by atoms with E-state index in [1.165, 1.54) is 12.7 Å². The number of methoxy groups -OCH3 is 2. The third-order valence-corrected chi connectivity index (χ3v) is 5.81. The Labute approximate surface area is 150 Å². The third-order valence-electron chi connectivity index (χ3n) is 5.81. The number of allylic oxidation sites excluding steroid dienone is 2. The van der Waals surface area contributed by atoms with Gasteiger partial charge in [-0.25, -0.2) is 4.79 Å². The summed E-state index contributed by atoms with van der Waals surface area (Å²) in [4.78, 5) is 25.0. The van der Waals surface area contributed by atoms with Gasteiger partial charge in [-0.3, -0.25) is 4.79 Å². The van der Waals surface area contributed by atoms with Gasteiger partial charge in [-0.2, -0.15) is 0 Å². The maximum Gasteiger partial charge on any atom is 0.331 e. The minimum atomic E-state index is -0.942. The molecule has 0 radical (unpaired) electrons. The highest BCUT2D eigenvalue weighted by Gasteiger charge is 2.49. The number of rotatable bonds is 7. The molecule has 25 heavy (non-hydrogen) atoms. The fourth-order valence-corrected chi connectivity index (χ4v) is 3.89. The van der Waals surface area contributed by atoms with E-state index in [0.717, 1.165) is 37.0 Å². The van der Waals surface area contributed by atoms with E-state index in [2.05, 4.69) is 26.1 Å². The largest absolute Gasteiger partial charge is 0.497 e. The van der Waals surface area contributed by atoms with Gasteiger partial charge in [-0.05, 0) is 62.5 Å². The molecule has 0 aromatic carbocycles. The van der Waals surface area contributed by atoms with Crippen LogP contribution in [0.2, 0.25) is 0 Å². The Balaban J connectivity index is 2.23. The number of hydrogen-bond acceptors (Lipinski definition) is 4. The molecule has 0 spiro atoms. The lowest BCUT2D eigenvalue weighted by molar-refractivity contribution is -0.151. The number of ether oxygens (including phenoxy) is 2. The first-order chi connectivity index (χ1) is 11.7. The smallest absolute Gasteiger partial charge is 0.331 e. The van der Waals surface area contributed by atoms with Crippen LogP contribution in [0, 0.1) is 11.3 Å². The molecule has 2 aliphatic rings. The summed E-state index contributed by atoms with van der Waals surface area (Å²) in [6.45, 7) is 8.16. The van der Waals surface area contributed by atoms with Crippen molar-refractivity contribution in [3.8, 4) is 0 Å². The molecule has 1 saturated carbocycles. The van der Waals surface area contributed by atoms with Crippen molar-refractivity contribution in [2.75, 3.05) is 14.2 Å². The van der Waals surface area contributed by atoms with Crippen LogP contribution in [-0.4, -0.2) is 31.6 Å². The first-order valence-electron chi connectivity index (χ1n) is 9.04. The van der Waals surface area contributed by atoms with Crippen molar-refractivity contribution in [3.05, 3.63) is 23.0 Å². The fourth-order valence-electron chi connectivity index (χ4n) is 3.89. The molecule has 0 bridgehead atoms. The SMILES string of the molecule is CCC1(C)CC(C)=CC(OC)=C1CC(=O)NC(C)(C(=O)OC)C1CC1. The number of hydrogen-bond donors (Lipinski definition) is 1. The lowest BCUT2D eigenvalue weighted by atomic mass is 9.70. The normalized spacial score (nSPS) is 25.8. The predicted octanol–water partition coefficient (Wildman–Crippen LogP) is 3.50. The van der Waals surface area contributed by atoms with E-state index in [1.54, 1.807) is 14.0 Å². The van der Waals surface area contributed by atoms with Gasteiger partial charge >= 0.3 is 5.97 Å². The van der Waals surface area contributed by atoms with Crippen LogP contribution < -0.4 is 5.32 Å². The van der Waals surface area contributed by atoms with Gasteiger partial charge < -0.3 is 14.8 Å². The van der Waals surface area contributed by atoms with Crippen molar-refractivity contribution in [3.63, 3.8) is 0 Å². The zero-order chi connectivity index (χ0) is 18.8. The maximum atomic E-state index is 12.8. The molecule has 2 aliphatic carbocycles. The molecule has 0 aromatic rings. The molecule has 2 atom stereocenters. The highest BCUT2D eigenvalue weighted by molar-refractivity contribution is 5.89. The quantitative estimate of drug-likeness (QED) is 0.715. The van der Waals surface area contributed by atoms with E-state index < -0.39 is 5.54 Å². The monoisotopic (exact) mass is 349 g/mol. The number of amides is 1. The molecule has 2 rings (SSSR count). The van der Waals surface area contributed by atoms with E-state index in [1.807, 2.05) is 6.08 Å². The zero-order valence-corrected chi connectivity index (χ0v) is 16.3. The highest BCUT2D eigenvalue weighted by atomic mass is 16.5. The molecular weight excluding hydrogens is 318 g/mol. The van der Waals surface area contributed by atoms with E-state index in [4.69, 9.17) is 9.47 Å². The Kier molecular flexibility index (Phi) is 5.65. The number of esters is 1. The lowest BCUT2D eigenvalue weighted by Gasteiger charge is -2.37. The van der Waals surface area contributed by atoms with Gasteiger partial charge in [0.15, 0.2) is 0 Å². The van der Waals surface area contributed by atoms with Crippen LogP contribution in [0.4, 0.5) is 0 Å². The molecular formula is C20H31NO4. The van der Waals surface area contributed by atoms with Gasteiger partial charge in [-0.1, -0.05) is 19.4 Å². The minimum absolute atomic E-state index is 0.108. The van der Waals surface area contributed by atoms with E-state index in [9.17, 15) is 9.59 Å². The summed E-state index contributed by atoms with van der Waals surface area (Å²) >= 11 is 0. The topological polar surface area (TPSA) is 64.6 Å². The lowest BCUT2D eigenvalue weighted by Crippen LogP contribution is -2.54. The average molecular weight is 349 g/mol. The van der Waals surface area contributed by atoms with Crippen molar-refractivity contribution < 1.29 is 19.1 Å². The number of nitrogens with one attached hydrogen (secondary N) is 1. The van der Waals surface area contributed by atoms with Crippen molar-refractivity contribution >= 4 is 11.9 Å². The van der Waals surface area contributed by atoms with E-state index in [-0.39, 0.29) is 29.6 Å².